The van der Waals surface area contributed by atoms with Gasteiger partial charge in [0.2, 0.25) is 0 Å². The average Bonchev–Trinajstić information content (AvgIpc) is 3.22. The molecule has 0 atom stereocenters. The largest absolute Gasteiger partial charge is 0.470 e. The predicted octanol–water partition coefficient (Wildman–Crippen LogP) is 7.37. The molecular formula is C31H41BN2O. The Balaban J connectivity index is 1.95. The summed E-state index contributed by atoms with van der Waals surface area (Å²) in [5.41, 5.74) is 8.01. The number of hydrogen-bond acceptors (Lipinski definition) is 3. The molecule has 3 nitrogen and oxygen atoms in total. The number of allylic oxidation sites excluding steroid dienone is 1. The van der Waals surface area contributed by atoms with Crippen LogP contribution in [0.5, 0.6) is 0 Å². The first-order valence-electron chi connectivity index (χ1n) is 12.7. The Labute approximate surface area is 212 Å². The second-order valence-corrected chi connectivity index (χ2v) is 10.9. The Bertz CT molecular complexity index is 1190. The van der Waals surface area contributed by atoms with Crippen LogP contribution in [0.2, 0.25) is 0 Å². The molecular weight excluding hydrogens is 427 g/mol. The maximum absolute atomic E-state index is 6.39. The number of fused-ring (bicyclic) bond motifs is 1. The number of benzene rings is 2. The van der Waals surface area contributed by atoms with Crippen molar-refractivity contribution in [1.82, 2.24) is 5.32 Å². The van der Waals surface area contributed by atoms with Gasteiger partial charge in [0.15, 0.2) is 0 Å². The molecule has 0 aliphatic carbocycles. The second-order valence-electron chi connectivity index (χ2n) is 10.9. The van der Waals surface area contributed by atoms with Gasteiger partial charge in [-0.15, -0.1) is 5.98 Å². The minimum atomic E-state index is 0.0190. The topological polar surface area (TPSA) is 37.2 Å². The first-order valence-corrected chi connectivity index (χ1v) is 12.7. The van der Waals surface area contributed by atoms with Gasteiger partial charge in [0.25, 0.3) is 6.71 Å². The summed E-state index contributed by atoms with van der Waals surface area (Å²) in [5.74, 6) is 2.73. The Hall–Kier alpha value is -2.98. The molecule has 35 heavy (non-hydrogen) atoms. The lowest BCUT2D eigenvalue weighted by Gasteiger charge is -2.18. The smallest absolute Gasteiger partial charge is 0.278 e. The first kappa shape index (κ1) is 26.6. The lowest BCUT2D eigenvalue weighted by Crippen LogP contribution is -2.35. The van der Waals surface area contributed by atoms with Crippen LogP contribution in [-0.4, -0.2) is 19.8 Å². The van der Waals surface area contributed by atoms with E-state index in [2.05, 4.69) is 126 Å². The van der Waals surface area contributed by atoms with E-state index in [1.54, 1.807) is 0 Å². The van der Waals surface area contributed by atoms with Crippen molar-refractivity contribution in [3.8, 4) is 0 Å². The fourth-order valence-corrected chi connectivity index (χ4v) is 4.09. The molecule has 184 valence electrons. The molecule has 0 radical (unpaired) electrons. The lowest BCUT2D eigenvalue weighted by molar-refractivity contribution is 0.590. The molecule has 0 aliphatic rings. The normalized spacial score (nSPS) is 12.6. The maximum atomic E-state index is 6.39. The van der Waals surface area contributed by atoms with Crippen LogP contribution in [0.3, 0.4) is 0 Å². The van der Waals surface area contributed by atoms with Gasteiger partial charge < -0.3 is 15.1 Å². The molecule has 0 fully saturated rings. The van der Waals surface area contributed by atoms with Crippen molar-refractivity contribution in [3.63, 3.8) is 0 Å². The van der Waals surface area contributed by atoms with Gasteiger partial charge in [0, 0.05) is 24.2 Å². The van der Waals surface area contributed by atoms with Crippen LogP contribution >= 0.6 is 0 Å². The van der Waals surface area contributed by atoms with E-state index in [-0.39, 0.29) is 12.1 Å². The minimum Gasteiger partial charge on any atom is -0.470 e. The number of anilines is 1. The summed E-state index contributed by atoms with van der Waals surface area (Å²) in [6.45, 7) is 20.8. The van der Waals surface area contributed by atoms with Crippen LogP contribution in [0.4, 0.5) is 5.69 Å². The van der Waals surface area contributed by atoms with Gasteiger partial charge in [0.05, 0.1) is 5.66 Å². The minimum absolute atomic E-state index is 0.0190. The average molecular weight is 468 g/mol. The molecule has 0 saturated carbocycles. The molecule has 3 rings (SSSR count). The van der Waals surface area contributed by atoms with Crippen LogP contribution in [0, 0.1) is 0 Å². The zero-order valence-electron chi connectivity index (χ0n) is 22.5. The van der Waals surface area contributed by atoms with E-state index >= 15 is 0 Å². The summed E-state index contributed by atoms with van der Waals surface area (Å²) in [6, 6.07) is 17.4. The van der Waals surface area contributed by atoms with Crippen molar-refractivity contribution >= 4 is 29.0 Å². The Morgan fingerprint density at radius 2 is 1.77 bits per heavy atom. The monoisotopic (exact) mass is 468 g/mol. The van der Waals surface area contributed by atoms with E-state index in [0.29, 0.717) is 5.92 Å². The number of nitrogens with one attached hydrogen (secondary N) is 2. The number of rotatable bonds is 10. The van der Waals surface area contributed by atoms with Crippen molar-refractivity contribution < 1.29 is 4.42 Å². The lowest BCUT2D eigenvalue weighted by atomic mass is 9.42. The summed E-state index contributed by atoms with van der Waals surface area (Å²) >= 11 is 0. The van der Waals surface area contributed by atoms with Gasteiger partial charge in [-0.2, -0.15) is 0 Å². The summed E-state index contributed by atoms with van der Waals surface area (Å²) in [6.07, 6.45) is 4.22. The van der Waals surface area contributed by atoms with E-state index in [1.165, 1.54) is 16.6 Å². The first-order chi connectivity index (χ1) is 16.6. The molecule has 2 aromatic carbocycles. The molecule has 1 aromatic heterocycles. The molecule has 0 spiro atoms. The predicted molar refractivity (Wildman–Crippen MR) is 155 cm³/mol. The third-order valence-corrected chi connectivity index (χ3v) is 6.25. The van der Waals surface area contributed by atoms with Gasteiger partial charge in [-0.1, -0.05) is 76.5 Å². The zero-order chi connectivity index (χ0) is 25.6. The Kier molecular flexibility index (Phi) is 8.85. The van der Waals surface area contributed by atoms with Gasteiger partial charge in [-0.05, 0) is 72.8 Å². The van der Waals surface area contributed by atoms with Crippen molar-refractivity contribution in [2.75, 3.05) is 18.4 Å². The summed E-state index contributed by atoms with van der Waals surface area (Å²) in [7, 11) is 0. The second kappa shape index (κ2) is 11.6. The number of hydrogen-bond donors (Lipinski definition) is 2. The standard InChI is InChI=1S/C31H41BN2O/c1-9-16-32(30-18-25-17-26(31(6,7)8)12-15-29(25)35-30)27(20-33-19-22(2)3)21-34-28-13-10-24(11-14-28)23(4)5/h9-18,21,23,33-34H,2,19-20H2,1,3-8H3/b16-9+,27-21-. The van der Waals surface area contributed by atoms with E-state index in [9.17, 15) is 0 Å². The van der Waals surface area contributed by atoms with Crippen LogP contribution in [0.1, 0.15) is 65.5 Å². The molecule has 3 aromatic rings. The molecule has 0 amide bonds. The van der Waals surface area contributed by atoms with Gasteiger partial charge in [-0.3, -0.25) is 0 Å². The van der Waals surface area contributed by atoms with Crippen LogP contribution < -0.4 is 16.3 Å². The van der Waals surface area contributed by atoms with Gasteiger partial charge in [0.1, 0.15) is 5.58 Å². The van der Waals surface area contributed by atoms with Crippen LogP contribution in [0.15, 0.2) is 88.8 Å². The summed E-state index contributed by atoms with van der Waals surface area (Å²) in [4.78, 5) is 0. The highest BCUT2D eigenvalue weighted by Gasteiger charge is 2.24. The van der Waals surface area contributed by atoms with E-state index in [0.717, 1.165) is 41.0 Å². The molecule has 0 saturated heterocycles. The number of furan rings is 1. The van der Waals surface area contributed by atoms with Gasteiger partial charge in [-0.25, -0.2) is 0 Å². The fourth-order valence-electron chi connectivity index (χ4n) is 4.09. The van der Waals surface area contributed by atoms with Crippen molar-refractivity contribution in [2.45, 2.75) is 59.8 Å². The molecule has 4 heteroatoms. The fraction of sp³-hybridized carbons (Fsp3) is 0.355. The summed E-state index contributed by atoms with van der Waals surface area (Å²) in [5, 5.41) is 8.20. The van der Waals surface area contributed by atoms with Crippen molar-refractivity contribution in [1.29, 1.82) is 0 Å². The highest BCUT2D eigenvalue weighted by atomic mass is 16.3. The third kappa shape index (κ3) is 7.25. The maximum Gasteiger partial charge on any atom is 0.278 e. The van der Waals surface area contributed by atoms with E-state index < -0.39 is 0 Å². The van der Waals surface area contributed by atoms with Crippen molar-refractivity contribution in [3.05, 3.63) is 95.5 Å². The van der Waals surface area contributed by atoms with E-state index in [1.807, 2.05) is 6.92 Å². The molecule has 1 heterocycles. The molecule has 0 unspecified atom stereocenters. The van der Waals surface area contributed by atoms with E-state index in [4.69, 9.17) is 4.42 Å². The Morgan fingerprint density at radius 1 is 1.06 bits per heavy atom. The molecule has 0 aliphatic heterocycles. The summed E-state index contributed by atoms with van der Waals surface area (Å²) < 4.78 is 6.39. The molecule has 2 N–H and O–H groups in total. The zero-order valence-corrected chi connectivity index (χ0v) is 22.5. The third-order valence-electron chi connectivity index (χ3n) is 6.25. The Morgan fingerprint density at radius 3 is 2.37 bits per heavy atom. The highest BCUT2D eigenvalue weighted by molar-refractivity contribution is 6.83. The highest BCUT2D eigenvalue weighted by Crippen LogP contribution is 2.26. The van der Waals surface area contributed by atoms with Gasteiger partial charge >= 0.3 is 0 Å². The molecule has 0 bridgehead atoms. The van der Waals surface area contributed by atoms with Crippen LogP contribution in [-0.2, 0) is 5.41 Å². The van der Waals surface area contributed by atoms with Crippen molar-refractivity contribution in [2.24, 2.45) is 0 Å². The quantitative estimate of drug-likeness (QED) is 0.241. The SMILES string of the molecule is C=C(C)CNC/C(=C/Nc1ccc(C(C)C)cc1)B(/C=C/C)c1cc2cc(C(C)(C)C)ccc2o1. The van der Waals surface area contributed by atoms with Crippen LogP contribution in [0.25, 0.3) is 11.0 Å².